The van der Waals surface area contributed by atoms with Gasteiger partial charge in [0.15, 0.2) is 0 Å². The molecule has 8 unspecified atom stereocenters. The molecule has 2 amide bonds. The van der Waals surface area contributed by atoms with Crippen molar-refractivity contribution in [2.75, 3.05) is 0 Å². The van der Waals surface area contributed by atoms with E-state index in [0.29, 0.717) is 59.2 Å². The molecule has 36 heavy (non-hydrogen) atoms. The van der Waals surface area contributed by atoms with Crippen LogP contribution in [0.5, 0.6) is 0 Å². The normalized spacial score (nSPS) is 39.7. The van der Waals surface area contributed by atoms with Crippen LogP contribution in [0.15, 0.2) is 12.4 Å². The highest BCUT2D eigenvalue weighted by atomic mass is 16.2. The largest absolute Gasteiger partial charge is 0.331 e. The van der Waals surface area contributed by atoms with Gasteiger partial charge in [0, 0.05) is 24.2 Å². The third-order valence-corrected chi connectivity index (χ3v) is 11.2. The third-order valence-electron chi connectivity index (χ3n) is 11.2. The van der Waals surface area contributed by atoms with E-state index >= 15 is 0 Å². The lowest BCUT2D eigenvalue weighted by Crippen LogP contribution is -2.45. The van der Waals surface area contributed by atoms with Gasteiger partial charge < -0.3 is 9.80 Å². The van der Waals surface area contributed by atoms with Gasteiger partial charge in [-0.15, -0.1) is 0 Å². The van der Waals surface area contributed by atoms with Crippen LogP contribution in [0, 0.1) is 23.7 Å². The molecule has 0 aromatic carbocycles. The summed E-state index contributed by atoms with van der Waals surface area (Å²) in [6.45, 7) is 0. The summed E-state index contributed by atoms with van der Waals surface area (Å²) in [7, 11) is 0. The monoisotopic (exact) mass is 490 g/mol. The van der Waals surface area contributed by atoms with Gasteiger partial charge in [-0.3, -0.25) is 14.6 Å². The lowest BCUT2D eigenvalue weighted by molar-refractivity contribution is 0.0579. The zero-order valence-corrected chi connectivity index (χ0v) is 21.7. The Hall–Kier alpha value is -1.98. The summed E-state index contributed by atoms with van der Waals surface area (Å²) in [4.78, 5) is 41.6. The van der Waals surface area contributed by atoms with E-state index in [-0.39, 0.29) is 11.8 Å². The van der Waals surface area contributed by atoms with Crippen LogP contribution in [0.3, 0.4) is 0 Å². The fraction of sp³-hybridized carbons (Fsp3) is 0.800. The highest BCUT2D eigenvalue weighted by Gasteiger charge is 2.53. The molecular formula is C30H42N4O2. The van der Waals surface area contributed by atoms with Crippen molar-refractivity contribution in [2.24, 2.45) is 23.7 Å². The number of carbonyl (C=O) groups excluding carboxylic acids is 2. The minimum Gasteiger partial charge on any atom is -0.331 e. The van der Waals surface area contributed by atoms with E-state index in [2.05, 4.69) is 14.8 Å². The lowest BCUT2D eigenvalue weighted by Gasteiger charge is -2.35. The second-order valence-electron chi connectivity index (χ2n) is 12.8. The SMILES string of the molecule is O=C(c1cncc(C(=O)N2C3CCCCC3C3CCCCC32)n1)N1C2CCCCC2C2CCCCC21. The van der Waals surface area contributed by atoms with Gasteiger partial charge in [-0.1, -0.05) is 51.4 Å². The fourth-order valence-electron chi connectivity index (χ4n) is 9.87. The van der Waals surface area contributed by atoms with Crippen LogP contribution in [-0.2, 0) is 0 Å². The number of fused-ring (bicyclic) bond motifs is 6. The van der Waals surface area contributed by atoms with Gasteiger partial charge in [0.1, 0.15) is 11.4 Å². The average molecular weight is 491 g/mol. The Morgan fingerprint density at radius 1 is 0.528 bits per heavy atom. The molecule has 6 nitrogen and oxygen atoms in total. The summed E-state index contributed by atoms with van der Waals surface area (Å²) >= 11 is 0. The van der Waals surface area contributed by atoms with Crippen molar-refractivity contribution in [3.05, 3.63) is 23.8 Å². The Labute approximate surface area is 215 Å². The van der Waals surface area contributed by atoms with Crippen LogP contribution in [0.25, 0.3) is 0 Å². The van der Waals surface area contributed by atoms with Crippen LogP contribution in [0.4, 0.5) is 0 Å². The Balaban J connectivity index is 1.17. The van der Waals surface area contributed by atoms with E-state index in [1.165, 1.54) is 77.0 Å². The molecule has 1 aromatic heterocycles. The van der Waals surface area contributed by atoms with Crippen LogP contribution in [0.2, 0.25) is 0 Å². The van der Waals surface area contributed by atoms with Gasteiger partial charge in [-0.25, -0.2) is 4.98 Å². The Morgan fingerprint density at radius 3 is 1.17 bits per heavy atom. The van der Waals surface area contributed by atoms with E-state index in [4.69, 9.17) is 4.98 Å². The quantitative estimate of drug-likeness (QED) is 0.539. The number of hydrogen-bond acceptors (Lipinski definition) is 4. The Kier molecular flexibility index (Phi) is 6.05. The summed E-state index contributed by atoms with van der Waals surface area (Å²) in [5.74, 6) is 2.67. The molecule has 6 heteroatoms. The first-order valence-electron chi connectivity index (χ1n) is 15.2. The molecule has 4 saturated carbocycles. The number of nitrogens with zero attached hydrogens (tertiary/aromatic N) is 4. The predicted octanol–water partition coefficient (Wildman–Crippen LogP) is 5.62. The van der Waals surface area contributed by atoms with Crippen molar-refractivity contribution in [2.45, 2.75) is 127 Å². The van der Waals surface area contributed by atoms with Crippen molar-refractivity contribution >= 4 is 11.8 Å². The predicted molar refractivity (Wildman–Crippen MR) is 137 cm³/mol. The molecule has 2 aliphatic heterocycles. The standard InChI is InChI=1S/C30H42N4O2/c35-29(33-25-13-5-1-9-19(25)20-10-2-6-14-26(20)33)23-17-31-18-24(32-23)30(36)34-27-15-7-3-11-21(27)22-12-4-8-16-28(22)34/h17-22,25-28H,1-16H2. The zero-order chi connectivity index (χ0) is 24.2. The highest BCUT2D eigenvalue weighted by molar-refractivity contribution is 5.96. The summed E-state index contributed by atoms with van der Waals surface area (Å²) in [5, 5.41) is 0. The van der Waals surface area contributed by atoms with Gasteiger partial charge in [-0.2, -0.15) is 0 Å². The van der Waals surface area contributed by atoms with Gasteiger partial charge in [0.25, 0.3) is 11.8 Å². The maximum absolute atomic E-state index is 14.0. The second kappa shape index (κ2) is 9.40. The molecule has 2 saturated heterocycles. The molecule has 0 bridgehead atoms. The Morgan fingerprint density at radius 2 is 0.833 bits per heavy atom. The molecule has 6 fully saturated rings. The summed E-state index contributed by atoms with van der Waals surface area (Å²) in [6, 6.07) is 1.41. The molecule has 8 atom stereocenters. The van der Waals surface area contributed by atoms with Crippen molar-refractivity contribution in [1.29, 1.82) is 0 Å². The molecule has 3 heterocycles. The molecule has 4 aliphatic carbocycles. The van der Waals surface area contributed by atoms with Crippen LogP contribution >= 0.6 is 0 Å². The summed E-state index contributed by atoms with van der Waals surface area (Å²) < 4.78 is 0. The Bertz CT molecular complexity index is 893. The van der Waals surface area contributed by atoms with Gasteiger partial charge in [-0.05, 0) is 75.0 Å². The number of hydrogen-bond donors (Lipinski definition) is 0. The molecule has 1 aromatic rings. The number of aromatic nitrogens is 2. The van der Waals surface area contributed by atoms with Crippen LogP contribution in [-0.4, -0.2) is 55.7 Å². The molecule has 194 valence electrons. The van der Waals surface area contributed by atoms with Crippen LogP contribution in [0.1, 0.15) is 124 Å². The maximum atomic E-state index is 14.0. The minimum atomic E-state index is 0.0240. The van der Waals surface area contributed by atoms with E-state index in [0.717, 1.165) is 25.7 Å². The van der Waals surface area contributed by atoms with Crippen molar-refractivity contribution in [1.82, 2.24) is 19.8 Å². The molecule has 0 radical (unpaired) electrons. The van der Waals surface area contributed by atoms with Crippen molar-refractivity contribution < 1.29 is 9.59 Å². The fourth-order valence-corrected chi connectivity index (χ4v) is 9.87. The third kappa shape index (κ3) is 3.64. The molecule has 7 rings (SSSR count). The van der Waals surface area contributed by atoms with Crippen molar-refractivity contribution in [3.8, 4) is 0 Å². The lowest BCUT2D eigenvalue weighted by atomic mass is 9.73. The van der Waals surface area contributed by atoms with E-state index < -0.39 is 0 Å². The van der Waals surface area contributed by atoms with E-state index in [1.54, 1.807) is 12.4 Å². The first-order valence-corrected chi connectivity index (χ1v) is 15.2. The van der Waals surface area contributed by atoms with E-state index in [1.807, 2.05) is 0 Å². The zero-order valence-electron chi connectivity index (χ0n) is 21.7. The van der Waals surface area contributed by atoms with Crippen LogP contribution < -0.4 is 0 Å². The number of carbonyl (C=O) groups is 2. The summed E-state index contributed by atoms with van der Waals surface area (Å²) in [6.07, 6.45) is 22.8. The highest BCUT2D eigenvalue weighted by Crippen LogP contribution is 2.51. The second-order valence-corrected chi connectivity index (χ2v) is 12.8. The smallest absolute Gasteiger partial charge is 0.274 e. The number of likely N-dealkylation sites (tertiary alicyclic amines) is 2. The molecular weight excluding hydrogens is 448 g/mol. The number of rotatable bonds is 2. The van der Waals surface area contributed by atoms with Crippen molar-refractivity contribution in [3.63, 3.8) is 0 Å². The first-order chi connectivity index (χ1) is 17.7. The molecule has 0 N–H and O–H groups in total. The van der Waals surface area contributed by atoms with Gasteiger partial charge in [0.2, 0.25) is 0 Å². The minimum absolute atomic E-state index is 0.0240. The van der Waals surface area contributed by atoms with Gasteiger partial charge >= 0.3 is 0 Å². The number of amides is 2. The molecule has 0 spiro atoms. The first kappa shape index (κ1) is 23.2. The van der Waals surface area contributed by atoms with Gasteiger partial charge in [0.05, 0.1) is 12.4 Å². The van der Waals surface area contributed by atoms with E-state index in [9.17, 15) is 9.59 Å². The maximum Gasteiger partial charge on any atom is 0.274 e. The molecule has 6 aliphatic rings. The summed E-state index contributed by atoms with van der Waals surface area (Å²) in [5.41, 5.74) is 0.770. The topological polar surface area (TPSA) is 66.4 Å². The average Bonchev–Trinajstić information content (AvgIpc) is 3.46.